The highest BCUT2D eigenvalue weighted by atomic mass is 32.2. The zero-order chi connectivity index (χ0) is 59.7. The molecule has 0 aromatic carbocycles. The number of guanidine groups is 1. The van der Waals surface area contributed by atoms with Gasteiger partial charge in [0.2, 0.25) is 23.5 Å². The average Bonchev–Trinajstić information content (AvgIpc) is 4.28. The SMILES string of the molecule is CCOC(=O)C(C(=O)c1ccco1)=C(SC)SC.CCOC(=O)CC(=O)c1ccco1.CCOC(=O)c1c(-c2ccco2)nc(N)nc1S(C)(=O)=O.CCOC(=O)c1c(SC)nc(N)nc1-c1ccco1.N=C(N)N.O=COO.[HH]. The second-order valence-corrected chi connectivity index (χ2v) is 18.3. The molecule has 32 heteroatoms. The summed E-state index contributed by atoms with van der Waals surface area (Å²) in [7, 11) is -3.81. The summed E-state index contributed by atoms with van der Waals surface area (Å²) >= 11 is 3.98. The minimum atomic E-state index is -3.81. The van der Waals surface area contributed by atoms with Crippen LogP contribution >= 0.6 is 35.3 Å². The van der Waals surface area contributed by atoms with Crippen LogP contribution in [0.5, 0.6) is 0 Å². The number of rotatable bonds is 19. The number of nitrogens with zero attached hydrogens (tertiary/aromatic N) is 4. The van der Waals surface area contributed by atoms with Crippen LogP contribution < -0.4 is 22.9 Å². The van der Waals surface area contributed by atoms with Crippen LogP contribution in [-0.4, -0.2) is 133 Å². The fourth-order valence-electron chi connectivity index (χ4n) is 5.44. The summed E-state index contributed by atoms with van der Waals surface area (Å²) in [5, 5.41) is 13.0. The first-order valence-electron chi connectivity index (χ1n) is 22.2. The summed E-state index contributed by atoms with van der Waals surface area (Å²) in [5.74, 6) is -2.85. The summed E-state index contributed by atoms with van der Waals surface area (Å²) < 4.78 is 64.1. The number of furan rings is 4. The summed E-state index contributed by atoms with van der Waals surface area (Å²) in [6, 6.07) is 12.8. The highest BCUT2D eigenvalue weighted by Gasteiger charge is 2.30. The van der Waals surface area contributed by atoms with E-state index in [1.807, 2.05) is 0 Å². The molecule has 6 heterocycles. The van der Waals surface area contributed by atoms with Crippen LogP contribution in [0.1, 0.15) is 77.4 Å². The summed E-state index contributed by atoms with van der Waals surface area (Å²) in [6.45, 7) is 7.51. The largest absolute Gasteiger partial charge is 0.466 e. The van der Waals surface area contributed by atoms with Gasteiger partial charge in [0, 0.05) is 7.68 Å². The molecule has 0 saturated carbocycles. The topological polar surface area (TPSA) is 452 Å². The lowest BCUT2D eigenvalue weighted by molar-refractivity contribution is -0.217. The molecule has 0 unspecified atom stereocenters. The molecule has 0 aliphatic carbocycles. The number of hydrogen-bond acceptors (Lipinski definition) is 29. The van der Waals surface area contributed by atoms with E-state index in [9.17, 15) is 37.2 Å². The molecular weight excluding hydrogens is 1120 g/mol. The molecule has 6 aromatic rings. The number of thioether (sulfide) groups is 3. The molecule has 0 aliphatic heterocycles. The van der Waals surface area contributed by atoms with Crippen LogP contribution in [0.3, 0.4) is 0 Å². The number of nitrogens with two attached hydrogens (primary N) is 4. The molecule has 6 aromatic heterocycles. The van der Waals surface area contributed by atoms with Crippen molar-refractivity contribution in [3.05, 3.63) is 106 Å². The third-order valence-corrected chi connectivity index (χ3v) is 12.1. The molecule has 0 radical (unpaired) electrons. The monoisotopic (exact) mass is 1180 g/mol. The van der Waals surface area contributed by atoms with Crippen molar-refractivity contribution in [2.45, 2.75) is 44.2 Å². The standard InChI is InChI=1S/C12H13N3O5S.C12H13N3O3S.C12H14O4S2.C9H10O4.CH5N3.CH2O3.H2/c1-3-19-11(16)8-9(7-5-4-6-20-7)14-12(13)15-10(8)21(2,17)18;1-3-17-11(16)8-9(7-5-4-6-18-7)14-12(13)15-10(8)19-2;1-4-15-11(14)9(12(17-2)18-3)10(13)8-6-5-7-16-8;1-2-12-9(11)6-7(10)8-4-3-5-13-8;2-1(3)4;2-1-4-3;/h4-6H,3H2,1-2H3,(H2,13,14,15);4-6H,3H2,1-2H3,(H2,13,14,15);5-7H,4H2,1-3H3;3-5H,2,6H2,1H3;(H5,2,3,4);1,3H;1H. The van der Waals surface area contributed by atoms with Crippen molar-refractivity contribution in [2.75, 3.05) is 62.9 Å². The number of nitrogen functional groups attached to an aromatic ring is 2. The van der Waals surface area contributed by atoms with E-state index in [0.29, 0.717) is 20.7 Å². The van der Waals surface area contributed by atoms with Gasteiger partial charge in [-0.3, -0.25) is 24.6 Å². The first-order valence-corrected chi connectivity index (χ1v) is 27.8. The predicted molar refractivity (Wildman–Crippen MR) is 291 cm³/mol. The summed E-state index contributed by atoms with van der Waals surface area (Å²) in [6.07, 6.45) is 11.7. The van der Waals surface area contributed by atoms with Gasteiger partial charge in [0.1, 0.15) is 39.5 Å². The molecule has 0 aliphatic rings. The molecule has 0 saturated heterocycles. The highest BCUT2D eigenvalue weighted by Crippen LogP contribution is 2.32. The number of nitrogens with one attached hydrogen (secondary N) is 1. The van der Waals surface area contributed by atoms with E-state index >= 15 is 0 Å². The van der Waals surface area contributed by atoms with Gasteiger partial charge in [-0.25, -0.2) is 48.0 Å². The number of aromatic nitrogens is 4. The van der Waals surface area contributed by atoms with Crippen molar-refractivity contribution in [3.8, 4) is 22.9 Å². The van der Waals surface area contributed by atoms with E-state index < -0.39 is 44.5 Å². The van der Waals surface area contributed by atoms with E-state index in [0.717, 1.165) is 6.26 Å². The van der Waals surface area contributed by atoms with Gasteiger partial charge in [0.25, 0.3) is 0 Å². The number of esters is 4. The zero-order valence-corrected chi connectivity index (χ0v) is 46.8. The van der Waals surface area contributed by atoms with Crippen molar-refractivity contribution >= 4 is 105 Å². The Bertz CT molecular complexity index is 3040. The van der Waals surface area contributed by atoms with Crippen LogP contribution in [-0.2, 0) is 48.1 Å². The van der Waals surface area contributed by atoms with E-state index in [1.165, 1.54) is 78.5 Å². The molecular formula is C47H59N9O19S4. The fraction of sp³-hybridized carbons (Fsp3) is 0.277. The van der Waals surface area contributed by atoms with Crippen molar-refractivity contribution in [3.63, 3.8) is 0 Å². The maximum atomic E-state index is 12.2. The van der Waals surface area contributed by atoms with Gasteiger partial charge in [-0.05, 0) is 95.0 Å². The average molecular weight is 1180 g/mol. The minimum absolute atomic E-state index is 0. The van der Waals surface area contributed by atoms with Crippen LogP contribution in [0.2, 0.25) is 0 Å². The number of ether oxygens (including phenoxy) is 4. The van der Waals surface area contributed by atoms with Crippen molar-refractivity contribution in [1.29, 1.82) is 5.41 Å². The van der Waals surface area contributed by atoms with Crippen molar-refractivity contribution in [2.24, 2.45) is 11.5 Å². The normalized spacial score (nSPS) is 9.94. The Morgan fingerprint density at radius 3 is 1.51 bits per heavy atom. The molecule has 0 spiro atoms. The Balaban J connectivity index is 0.000000999. The quantitative estimate of drug-likeness (QED) is 0.00419. The Morgan fingerprint density at radius 1 is 0.684 bits per heavy atom. The Labute approximate surface area is 465 Å². The first-order chi connectivity index (χ1) is 37.5. The smallest absolute Gasteiger partial charge is 0.343 e. The molecule has 0 fully saturated rings. The predicted octanol–water partition coefficient (Wildman–Crippen LogP) is 6.21. The van der Waals surface area contributed by atoms with Gasteiger partial charge in [0.15, 0.2) is 43.9 Å². The van der Waals surface area contributed by atoms with E-state index in [-0.39, 0.29) is 104 Å². The molecule has 6 rings (SSSR count). The van der Waals surface area contributed by atoms with Crippen LogP contribution in [0.4, 0.5) is 11.9 Å². The minimum Gasteiger partial charge on any atom is -0.466 e. The number of ketones is 2. The summed E-state index contributed by atoms with van der Waals surface area (Å²) in [5.41, 5.74) is 20.5. The summed E-state index contributed by atoms with van der Waals surface area (Å²) in [4.78, 5) is 97.5. The molecule has 0 amide bonds. The lowest BCUT2D eigenvalue weighted by atomic mass is 10.1. The fourth-order valence-corrected chi connectivity index (χ4v) is 8.25. The van der Waals surface area contributed by atoms with Crippen LogP contribution in [0.25, 0.3) is 22.9 Å². The van der Waals surface area contributed by atoms with Gasteiger partial charge in [-0.2, -0.15) is 0 Å². The Kier molecular flexibility index (Phi) is 31.7. The molecule has 430 valence electrons. The van der Waals surface area contributed by atoms with E-state index in [1.54, 1.807) is 76.8 Å². The van der Waals surface area contributed by atoms with Gasteiger partial charge < -0.3 is 64.4 Å². The molecule has 28 nitrogen and oxygen atoms in total. The van der Waals surface area contributed by atoms with Gasteiger partial charge >= 0.3 is 30.3 Å². The molecule has 10 N–H and O–H groups in total. The van der Waals surface area contributed by atoms with E-state index in [2.05, 4.69) is 41.0 Å². The van der Waals surface area contributed by atoms with E-state index in [4.69, 9.17) is 58.8 Å². The molecule has 0 bridgehead atoms. The van der Waals surface area contributed by atoms with Gasteiger partial charge in [-0.15, -0.1) is 35.3 Å². The number of hydrogen-bond donors (Lipinski definition) is 6. The third kappa shape index (κ3) is 23.4. The first kappa shape index (κ1) is 68.6. The number of anilines is 2. The second kappa shape index (κ2) is 36.6. The Morgan fingerprint density at radius 2 is 1.11 bits per heavy atom. The maximum Gasteiger partial charge on any atom is 0.343 e. The van der Waals surface area contributed by atoms with Crippen LogP contribution in [0.15, 0.2) is 111 Å². The maximum absolute atomic E-state index is 12.2. The van der Waals surface area contributed by atoms with Crippen molar-refractivity contribution in [1.82, 2.24) is 19.9 Å². The third-order valence-electron chi connectivity index (χ3n) is 8.27. The highest BCUT2D eigenvalue weighted by molar-refractivity contribution is 8.21. The van der Waals surface area contributed by atoms with Crippen molar-refractivity contribution < 1.29 is 90.2 Å². The molecule has 79 heavy (non-hydrogen) atoms. The van der Waals surface area contributed by atoms with Gasteiger partial charge in [-0.1, -0.05) is 0 Å². The van der Waals surface area contributed by atoms with Crippen LogP contribution in [0, 0.1) is 5.41 Å². The number of Topliss-reactive ketones (excluding diaryl/α,β-unsaturated/α-hetero) is 2. The zero-order valence-electron chi connectivity index (χ0n) is 43.6. The number of sulfone groups is 1. The Hall–Kier alpha value is -8.46. The lowest BCUT2D eigenvalue weighted by Gasteiger charge is -2.10. The lowest BCUT2D eigenvalue weighted by Crippen LogP contribution is -2.20. The number of carbonyl (C=O) groups is 7. The molecule has 0 atom stereocenters. The number of carbonyl (C=O) groups excluding carboxylic acids is 7. The second-order valence-electron chi connectivity index (χ2n) is 13.7. The van der Waals surface area contributed by atoms with Gasteiger partial charge in [0.05, 0.1) is 55.7 Å².